The molecule has 1 aliphatic heterocycles. The summed E-state index contributed by atoms with van der Waals surface area (Å²) in [5.41, 5.74) is 1.15. The Bertz CT molecular complexity index is 967. The number of hydrogen-bond donors (Lipinski definition) is 1. The molecule has 0 saturated heterocycles. The zero-order chi connectivity index (χ0) is 17.2. The van der Waals surface area contributed by atoms with Crippen LogP contribution in [0, 0.1) is 0 Å². The Morgan fingerprint density at radius 3 is 2.80 bits per heavy atom. The van der Waals surface area contributed by atoms with Crippen LogP contribution in [0.1, 0.15) is 18.1 Å². The highest BCUT2D eigenvalue weighted by molar-refractivity contribution is 5.76. The van der Waals surface area contributed by atoms with Crippen molar-refractivity contribution in [2.75, 3.05) is 13.2 Å². The van der Waals surface area contributed by atoms with Crippen LogP contribution in [0.2, 0.25) is 0 Å². The first kappa shape index (κ1) is 15.7. The van der Waals surface area contributed by atoms with E-state index >= 15 is 0 Å². The first-order valence-electron chi connectivity index (χ1n) is 8.24. The SMILES string of the molecule is O=c1c2ccccc2ncn1C[C@@H](O)c1ccc2c(c1)OCCCO2. The number of hydrogen-bond acceptors (Lipinski definition) is 5. The second-order valence-electron chi connectivity index (χ2n) is 5.99. The minimum atomic E-state index is -0.849. The van der Waals surface area contributed by atoms with Crippen LogP contribution < -0.4 is 15.0 Å². The van der Waals surface area contributed by atoms with Crippen molar-refractivity contribution in [2.45, 2.75) is 19.1 Å². The van der Waals surface area contributed by atoms with Crippen molar-refractivity contribution >= 4 is 10.9 Å². The fourth-order valence-corrected chi connectivity index (χ4v) is 2.92. The number of nitrogens with zero attached hydrogens (tertiary/aromatic N) is 2. The maximum atomic E-state index is 12.5. The number of para-hydroxylation sites is 1. The molecule has 1 N–H and O–H groups in total. The number of aliphatic hydroxyl groups is 1. The van der Waals surface area contributed by atoms with Gasteiger partial charge in [-0.1, -0.05) is 18.2 Å². The molecule has 0 bridgehead atoms. The Hall–Kier alpha value is -2.86. The quantitative estimate of drug-likeness (QED) is 0.793. The molecule has 1 atom stereocenters. The van der Waals surface area contributed by atoms with Crippen molar-refractivity contribution in [2.24, 2.45) is 0 Å². The van der Waals surface area contributed by atoms with Crippen LogP contribution in [0.15, 0.2) is 53.6 Å². The highest BCUT2D eigenvalue weighted by Crippen LogP contribution is 2.32. The third-order valence-electron chi connectivity index (χ3n) is 4.26. The molecule has 0 radical (unpaired) electrons. The van der Waals surface area contributed by atoms with Gasteiger partial charge in [-0.15, -0.1) is 0 Å². The van der Waals surface area contributed by atoms with Crippen LogP contribution in [-0.2, 0) is 6.54 Å². The number of aromatic nitrogens is 2. The maximum absolute atomic E-state index is 12.5. The Balaban J connectivity index is 1.62. The second-order valence-corrected chi connectivity index (χ2v) is 5.99. The number of benzene rings is 2. The van der Waals surface area contributed by atoms with Gasteiger partial charge in [0.15, 0.2) is 11.5 Å². The fraction of sp³-hybridized carbons (Fsp3) is 0.263. The number of aliphatic hydroxyl groups excluding tert-OH is 1. The van der Waals surface area contributed by atoms with Crippen LogP contribution in [0.5, 0.6) is 11.5 Å². The first-order valence-corrected chi connectivity index (χ1v) is 8.24. The van der Waals surface area contributed by atoms with Gasteiger partial charge in [0.1, 0.15) is 0 Å². The second kappa shape index (κ2) is 6.57. The zero-order valence-corrected chi connectivity index (χ0v) is 13.6. The summed E-state index contributed by atoms with van der Waals surface area (Å²) in [6, 6.07) is 12.5. The van der Waals surface area contributed by atoms with E-state index in [-0.39, 0.29) is 12.1 Å². The van der Waals surface area contributed by atoms with Gasteiger partial charge >= 0.3 is 0 Å². The molecule has 0 fully saturated rings. The molecule has 0 spiro atoms. The van der Waals surface area contributed by atoms with Crippen LogP contribution in [0.4, 0.5) is 0 Å². The fourth-order valence-electron chi connectivity index (χ4n) is 2.92. The van der Waals surface area contributed by atoms with Crippen molar-refractivity contribution in [1.82, 2.24) is 9.55 Å². The third kappa shape index (κ3) is 3.08. The molecule has 1 aliphatic rings. The zero-order valence-electron chi connectivity index (χ0n) is 13.6. The lowest BCUT2D eigenvalue weighted by Gasteiger charge is -2.15. The molecule has 0 aliphatic carbocycles. The van der Waals surface area contributed by atoms with Gasteiger partial charge in [0, 0.05) is 6.42 Å². The number of fused-ring (bicyclic) bond motifs is 2. The minimum absolute atomic E-state index is 0.121. The summed E-state index contributed by atoms with van der Waals surface area (Å²) in [5, 5.41) is 11.1. The molecule has 0 unspecified atom stereocenters. The average Bonchev–Trinajstić information content (AvgIpc) is 2.89. The molecule has 2 heterocycles. The Kier molecular flexibility index (Phi) is 4.11. The summed E-state index contributed by atoms with van der Waals surface area (Å²) in [6.45, 7) is 1.32. The number of rotatable bonds is 3. The van der Waals surface area contributed by atoms with Gasteiger partial charge in [0.2, 0.25) is 0 Å². The largest absolute Gasteiger partial charge is 0.490 e. The van der Waals surface area contributed by atoms with Crippen molar-refractivity contribution < 1.29 is 14.6 Å². The molecular weight excluding hydrogens is 320 g/mol. The lowest BCUT2D eigenvalue weighted by Crippen LogP contribution is -2.23. The Morgan fingerprint density at radius 2 is 1.92 bits per heavy atom. The monoisotopic (exact) mass is 338 g/mol. The molecule has 2 aromatic carbocycles. The maximum Gasteiger partial charge on any atom is 0.261 e. The molecular formula is C19H18N2O4. The minimum Gasteiger partial charge on any atom is -0.490 e. The highest BCUT2D eigenvalue weighted by Gasteiger charge is 2.16. The molecule has 1 aromatic heterocycles. The average molecular weight is 338 g/mol. The predicted molar refractivity (Wildman–Crippen MR) is 93.0 cm³/mol. The summed E-state index contributed by atoms with van der Waals surface area (Å²) in [4.78, 5) is 16.8. The molecule has 6 heteroatoms. The summed E-state index contributed by atoms with van der Waals surface area (Å²) in [6.07, 6.45) is 1.44. The molecule has 0 saturated carbocycles. The van der Waals surface area contributed by atoms with Crippen molar-refractivity contribution in [1.29, 1.82) is 0 Å². The van der Waals surface area contributed by atoms with E-state index < -0.39 is 6.10 Å². The molecule has 128 valence electrons. The van der Waals surface area contributed by atoms with Crippen molar-refractivity contribution in [3.05, 3.63) is 64.7 Å². The lowest BCUT2D eigenvalue weighted by atomic mass is 10.1. The van der Waals surface area contributed by atoms with Gasteiger partial charge in [0.05, 0.1) is 43.1 Å². The molecule has 4 rings (SSSR count). The summed E-state index contributed by atoms with van der Waals surface area (Å²) in [7, 11) is 0. The van der Waals surface area contributed by atoms with Gasteiger partial charge in [-0.25, -0.2) is 4.98 Å². The van der Waals surface area contributed by atoms with Gasteiger partial charge in [-0.05, 0) is 29.8 Å². The number of ether oxygens (including phenoxy) is 2. The summed E-state index contributed by atoms with van der Waals surface area (Å²) < 4.78 is 12.7. The lowest BCUT2D eigenvalue weighted by molar-refractivity contribution is 0.154. The summed E-state index contributed by atoms with van der Waals surface area (Å²) >= 11 is 0. The van der Waals surface area contributed by atoms with Crippen LogP contribution in [-0.4, -0.2) is 27.9 Å². The van der Waals surface area contributed by atoms with E-state index in [1.165, 1.54) is 10.9 Å². The normalized spacial score (nSPS) is 14.9. The molecule has 6 nitrogen and oxygen atoms in total. The van der Waals surface area contributed by atoms with Crippen LogP contribution >= 0.6 is 0 Å². The van der Waals surface area contributed by atoms with Crippen LogP contribution in [0.25, 0.3) is 10.9 Å². The highest BCUT2D eigenvalue weighted by atomic mass is 16.5. The van der Waals surface area contributed by atoms with E-state index in [9.17, 15) is 9.90 Å². The first-order chi connectivity index (χ1) is 12.2. The molecule has 3 aromatic rings. The van der Waals surface area contributed by atoms with Gasteiger partial charge in [0.25, 0.3) is 5.56 Å². The topological polar surface area (TPSA) is 73.6 Å². The van der Waals surface area contributed by atoms with E-state index in [1.807, 2.05) is 6.07 Å². The van der Waals surface area contributed by atoms with E-state index in [2.05, 4.69) is 4.98 Å². The Labute approximate surface area is 144 Å². The molecule has 25 heavy (non-hydrogen) atoms. The van der Waals surface area contributed by atoms with Gasteiger partial charge in [-0.2, -0.15) is 0 Å². The molecule has 0 amide bonds. The van der Waals surface area contributed by atoms with Crippen LogP contribution in [0.3, 0.4) is 0 Å². The van der Waals surface area contributed by atoms with Crippen molar-refractivity contribution in [3.63, 3.8) is 0 Å². The van der Waals surface area contributed by atoms with E-state index in [0.717, 1.165) is 6.42 Å². The third-order valence-corrected chi connectivity index (χ3v) is 4.26. The van der Waals surface area contributed by atoms with Gasteiger partial charge < -0.3 is 14.6 Å². The van der Waals surface area contributed by atoms with Crippen molar-refractivity contribution in [3.8, 4) is 11.5 Å². The van der Waals surface area contributed by atoms with E-state index in [4.69, 9.17) is 9.47 Å². The Morgan fingerprint density at radius 1 is 1.12 bits per heavy atom. The summed E-state index contributed by atoms with van der Waals surface area (Å²) in [5.74, 6) is 1.30. The smallest absolute Gasteiger partial charge is 0.261 e. The van der Waals surface area contributed by atoms with E-state index in [1.54, 1.807) is 36.4 Å². The standard InChI is InChI=1S/C19H18N2O4/c22-16(13-6-7-17-18(10-13)25-9-3-8-24-17)11-21-12-20-15-5-2-1-4-14(15)19(21)23/h1-2,4-7,10,12,16,22H,3,8-9,11H2/t16-/m1/s1. The van der Waals surface area contributed by atoms with E-state index in [0.29, 0.717) is 41.2 Å². The van der Waals surface area contributed by atoms with Gasteiger partial charge in [-0.3, -0.25) is 9.36 Å². The predicted octanol–water partition coefficient (Wildman–Crippen LogP) is 2.29.